The van der Waals surface area contributed by atoms with Gasteiger partial charge in [0.25, 0.3) is 0 Å². The van der Waals surface area contributed by atoms with E-state index in [2.05, 4.69) is 10.3 Å². The number of nitrogens with one attached hydrogen (secondary N) is 1. The van der Waals surface area contributed by atoms with Crippen LogP contribution in [-0.2, 0) is 32.1 Å². The Labute approximate surface area is 261 Å². The third-order valence-electron chi connectivity index (χ3n) is 8.19. The molecule has 2 aromatic carbocycles. The minimum Gasteiger partial charge on any atom is -0.466 e. The normalized spacial score (nSPS) is 15.7. The summed E-state index contributed by atoms with van der Waals surface area (Å²) in [5.41, 5.74) is -1.61. The third kappa shape index (κ3) is 7.76. The van der Waals surface area contributed by atoms with E-state index >= 15 is 0 Å². The molecular formula is C34H33F7N2O3. The Morgan fingerprint density at radius 3 is 2.11 bits per heavy atom. The van der Waals surface area contributed by atoms with Gasteiger partial charge in [-0.05, 0) is 106 Å². The molecule has 0 radical (unpaired) electrons. The van der Waals surface area contributed by atoms with Crippen LogP contribution in [0.3, 0.4) is 0 Å². The van der Waals surface area contributed by atoms with Crippen LogP contribution in [0.5, 0.6) is 0 Å². The van der Waals surface area contributed by atoms with E-state index in [0.29, 0.717) is 59.5 Å². The zero-order valence-electron chi connectivity index (χ0n) is 25.6. The lowest BCUT2D eigenvalue weighted by Gasteiger charge is -2.27. The van der Waals surface area contributed by atoms with Crippen LogP contribution in [0, 0.1) is 18.7 Å². The predicted molar refractivity (Wildman–Crippen MR) is 159 cm³/mol. The summed E-state index contributed by atoms with van der Waals surface area (Å²) in [6, 6.07) is 7.07. The molecule has 4 rings (SSSR count). The number of ether oxygens (including phenoxy) is 1. The van der Waals surface area contributed by atoms with Gasteiger partial charge in [0.1, 0.15) is 5.82 Å². The van der Waals surface area contributed by atoms with Gasteiger partial charge in [0.15, 0.2) is 5.78 Å². The van der Waals surface area contributed by atoms with Crippen LogP contribution >= 0.6 is 0 Å². The zero-order chi connectivity index (χ0) is 34.0. The van der Waals surface area contributed by atoms with Gasteiger partial charge in [0.05, 0.1) is 53.2 Å². The Bertz CT molecular complexity index is 1630. The van der Waals surface area contributed by atoms with Crippen molar-refractivity contribution < 1.29 is 45.1 Å². The number of carbonyl (C=O) groups excluding carboxylic acids is 2. The van der Waals surface area contributed by atoms with E-state index in [0.717, 1.165) is 5.57 Å². The first-order valence-electron chi connectivity index (χ1n) is 14.6. The fraction of sp³-hybridized carbons (Fsp3) is 0.382. The molecule has 1 aliphatic rings. The van der Waals surface area contributed by atoms with Gasteiger partial charge >= 0.3 is 18.3 Å². The maximum Gasteiger partial charge on any atom is 0.416 e. The average molecular weight is 651 g/mol. The number of nitrogens with zero attached hydrogens (tertiary/aromatic N) is 1. The molecule has 3 aromatic rings. The van der Waals surface area contributed by atoms with E-state index < -0.39 is 52.6 Å². The molecule has 1 heterocycles. The maximum absolute atomic E-state index is 14.0. The van der Waals surface area contributed by atoms with Crippen molar-refractivity contribution in [2.75, 3.05) is 18.5 Å². The first kappa shape index (κ1) is 34.6. The van der Waals surface area contributed by atoms with Crippen molar-refractivity contribution in [3.63, 3.8) is 0 Å². The van der Waals surface area contributed by atoms with E-state index in [9.17, 15) is 40.3 Å². The van der Waals surface area contributed by atoms with Gasteiger partial charge in [0, 0.05) is 5.56 Å². The summed E-state index contributed by atoms with van der Waals surface area (Å²) in [6.45, 7) is 5.80. The molecule has 1 unspecified atom stereocenters. The van der Waals surface area contributed by atoms with Crippen molar-refractivity contribution in [2.45, 2.75) is 64.7 Å². The second-order valence-corrected chi connectivity index (χ2v) is 11.7. The number of aryl methyl sites for hydroxylation is 1. The maximum atomic E-state index is 14.0. The van der Waals surface area contributed by atoms with Crippen LogP contribution in [0.2, 0.25) is 0 Å². The Kier molecular flexibility index (Phi) is 9.98. The van der Waals surface area contributed by atoms with Gasteiger partial charge in [-0.1, -0.05) is 12.1 Å². The average Bonchev–Trinajstić information content (AvgIpc) is 2.99. The predicted octanol–water partition coefficient (Wildman–Crippen LogP) is 8.94. The molecule has 0 spiro atoms. The number of hydrogen-bond donors (Lipinski definition) is 1. The number of benzene rings is 2. The molecule has 1 atom stereocenters. The number of aromatic nitrogens is 1. The number of pyridine rings is 1. The highest BCUT2D eigenvalue weighted by Gasteiger charge is 2.40. The Morgan fingerprint density at radius 1 is 0.935 bits per heavy atom. The monoisotopic (exact) mass is 650 g/mol. The smallest absolute Gasteiger partial charge is 0.416 e. The molecule has 12 heteroatoms. The number of carbonyl (C=O) groups is 2. The highest BCUT2D eigenvalue weighted by molar-refractivity contribution is 5.94. The topological polar surface area (TPSA) is 68.3 Å². The first-order chi connectivity index (χ1) is 21.4. The largest absolute Gasteiger partial charge is 0.466 e. The SMILES string of the molecule is CCOC(=O)C1CC=C(c2cc(-c3ccc(F)cc3C)c(NCC(=O)C(C)(C)c3cc(C(F)(F)F)cc(C(F)(F)F)c3)cn2)CC1. The third-order valence-corrected chi connectivity index (χ3v) is 8.19. The molecule has 0 saturated heterocycles. The molecule has 246 valence electrons. The molecule has 0 fully saturated rings. The number of halogens is 7. The molecule has 1 N–H and O–H groups in total. The van der Waals surface area contributed by atoms with Gasteiger partial charge in [-0.2, -0.15) is 26.3 Å². The fourth-order valence-corrected chi connectivity index (χ4v) is 5.34. The number of allylic oxidation sites excluding steroid dienone is 2. The standard InChI is InChI=1S/C34H33F7N2O3/c1-5-46-31(45)21-8-6-20(7-9-21)28-16-27(26-11-10-25(35)12-19(26)2)29(17-42-28)43-18-30(44)32(3,4)22-13-23(33(36,37)38)15-24(14-22)34(39,40)41/h6,10-17,21,43H,5,7-9,18H2,1-4H3. The second-order valence-electron chi connectivity index (χ2n) is 11.7. The number of ketones is 1. The molecule has 0 amide bonds. The molecule has 1 aliphatic carbocycles. The first-order valence-corrected chi connectivity index (χ1v) is 14.6. The number of Topliss-reactive ketones (excluding diaryl/α,β-unsaturated/α-hetero) is 1. The molecule has 1 aromatic heterocycles. The van der Waals surface area contributed by atoms with Crippen molar-refractivity contribution in [2.24, 2.45) is 5.92 Å². The highest BCUT2D eigenvalue weighted by atomic mass is 19.4. The number of anilines is 1. The van der Waals surface area contributed by atoms with Gasteiger partial charge in [-0.3, -0.25) is 14.6 Å². The van der Waals surface area contributed by atoms with E-state index in [1.165, 1.54) is 32.2 Å². The van der Waals surface area contributed by atoms with Crippen molar-refractivity contribution in [3.8, 4) is 11.1 Å². The summed E-state index contributed by atoms with van der Waals surface area (Å²) in [4.78, 5) is 30.1. The van der Waals surface area contributed by atoms with Gasteiger partial charge in [0.2, 0.25) is 0 Å². The van der Waals surface area contributed by atoms with Crippen molar-refractivity contribution >= 4 is 23.0 Å². The summed E-state index contributed by atoms with van der Waals surface area (Å²) < 4.78 is 100. The van der Waals surface area contributed by atoms with E-state index in [-0.39, 0.29) is 24.6 Å². The molecular weight excluding hydrogens is 617 g/mol. The highest BCUT2D eigenvalue weighted by Crippen LogP contribution is 2.40. The van der Waals surface area contributed by atoms with Crippen LogP contribution in [0.15, 0.2) is 54.7 Å². The van der Waals surface area contributed by atoms with Crippen molar-refractivity contribution in [1.82, 2.24) is 4.98 Å². The van der Waals surface area contributed by atoms with Crippen molar-refractivity contribution in [3.05, 3.63) is 88.5 Å². The molecule has 5 nitrogen and oxygen atoms in total. The van der Waals surface area contributed by atoms with Crippen LogP contribution < -0.4 is 5.32 Å². The minimum atomic E-state index is -5.06. The number of hydrogen-bond acceptors (Lipinski definition) is 5. The fourth-order valence-electron chi connectivity index (χ4n) is 5.34. The van der Waals surface area contributed by atoms with Gasteiger partial charge in [-0.25, -0.2) is 4.39 Å². The molecule has 46 heavy (non-hydrogen) atoms. The van der Waals surface area contributed by atoms with Gasteiger partial charge < -0.3 is 10.1 Å². The Morgan fingerprint density at radius 2 is 1.57 bits per heavy atom. The zero-order valence-corrected chi connectivity index (χ0v) is 25.6. The summed E-state index contributed by atoms with van der Waals surface area (Å²) >= 11 is 0. The second kappa shape index (κ2) is 13.3. The van der Waals surface area contributed by atoms with Gasteiger partial charge in [-0.15, -0.1) is 0 Å². The molecule has 0 saturated carbocycles. The minimum absolute atomic E-state index is 0.0194. The van der Waals surface area contributed by atoms with Crippen LogP contribution in [0.25, 0.3) is 16.7 Å². The summed E-state index contributed by atoms with van der Waals surface area (Å²) in [5.74, 6) is -1.66. The van der Waals surface area contributed by atoms with E-state index in [4.69, 9.17) is 4.74 Å². The Hall–Kier alpha value is -4.22. The number of esters is 1. The van der Waals surface area contributed by atoms with E-state index in [1.54, 1.807) is 26.0 Å². The van der Waals surface area contributed by atoms with Crippen molar-refractivity contribution in [1.29, 1.82) is 0 Å². The van der Waals surface area contributed by atoms with Crippen LogP contribution in [0.4, 0.5) is 36.4 Å². The Balaban J connectivity index is 1.66. The summed E-state index contributed by atoms with van der Waals surface area (Å²) in [7, 11) is 0. The number of alkyl halides is 6. The molecule has 0 bridgehead atoms. The van der Waals surface area contributed by atoms with Crippen LogP contribution in [0.1, 0.15) is 68.0 Å². The van der Waals surface area contributed by atoms with E-state index in [1.807, 2.05) is 6.08 Å². The summed E-state index contributed by atoms with van der Waals surface area (Å²) in [6.07, 6.45) is -5.15. The lowest BCUT2D eigenvalue weighted by Crippen LogP contribution is -2.35. The lowest BCUT2D eigenvalue weighted by atomic mass is 9.79. The van der Waals surface area contributed by atoms with Crippen LogP contribution in [-0.4, -0.2) is 29.9 Å². The summed E-state index contributed by atoms with van der Waals surface area (Å²) in [5, 5.41) is 2.95. The molecule has 0 aliphatic heterocycles. The number of rotatable bonds is 9. The lowest BCUT2D eigenvalue weighted by molar-refractivity contribution is -0.148. The quantitative estimate of drug-likeness (QED) is 0.185.